The second-order valence-electron chi connectivity index (χ2n) is 6.80. The van der Waals surface area contributed by atoms with Crippen LogP contribution in [-0.2, 0) is 6.54 Å². The lowest BCUT2D eigenvalue weighted by Gasteiger charge is -2.14. The zero-order chi connectivity index (χ0) is 19.5. The summed E-state index contributed by atoms with van der Waals surface area (Å²) in [5.74, 6) is 0.467. The highest BCUT2D eigenvalue weighted by Crippen LogP contribution is 2.19. The number of rotatable bonds is 6. The number of anilines is 1. The van der Waals surface area contributed by atoms with E-state index < -0.39 is 0 Å². The number of aromatic nitrogens is 5. The fourth-order valence-corrected chi connectivity index (χ4v) is 3.09. The van der Waals surface area contributed by atoms with Crippen molar-refractivity contribution in [3.8, 4) is 0 Å². The molecule has 4 aromatic rings. The van der Waals surface area contributed by atoms with E-state index in [0.717, 1.165) is 23.0 Å². The standard InChI is InChI=1S/C21H22N6O/c1-3-15(2)27-19(9-10-23-27)25-21(28)18-11-17-13-24-26(20(17)22-12-18)14-16-7-5-4-6-8-16/h4-13,15H,3,14H2,1-2H3,(H,25,28). The molecule has 0 spiro atoms. The largest absolute Gasteiger partial charge is 0.307 e. The number of pyridine rings is 1. The van der Waals surface area contributed by atoms with Crippen LogP contribution in [0.2, 0.25) is 0 Å². The fourth-order valence-electron chi connectivity index (χ4n) is 3.09. The molecule has 0 aliphatic rings. The van der Waals surface area contributed by atoms with Crippen LogP contribution in [0.4, 0.5) is 5.82 Å². The van der Waals surface area contributed by atoms with Crippen LogP contribution in [0.5, 0.6) is 0 Å². The molecule has 3 heterocycles. The molecule has 0 fully saturated rings. The first kappa shape index (κ1) is 17.9. The van der Waals surface area contributed by atoms with Crippen molar-refractivity contribution in [3.63, 3.8) is 0 Å². The molecule has 0 radical (unpaired) electrons. The van der Waals surface area contributed by atoms with Crippen LogP contribution in [0.3, 0.4) is 0 Å². The lowest BCUT2D eigenvalue weighted by atomic mass is 10.2. The van der Waals surface area contributed by atoms with Gasteiger partial charge in [-0.25, -0.2) is 14.3 Å². The summed E-state index contributed by atoms with van der Waals surface area (Å²) in [6, 6.07) is 13.9. The van der Waals surface area contributed by atoms with Gasteiger partial charge in [0.2, 0.25) is 0 Å². The zero-order valence-electron chi connectivity index (χ0n) is 15.9. The van der Waals surface area contributed by atoms with Crippen molar-refractivity contribution in [1.29, 1.82) is 0 Å². The molecule has 28 heavy (non-hydrogen) atoms. The molecule has 3 aromatic heterocycles. The second kappa shape index (κ2) is 7.64. The van der Waals surface area contributed by atoms with Gasteiger partial charge in [0.25, 0.3) is 5.91 Å². The first-order chi connectivity index (χ1) is 13.7. The number of hydrogen-bond acceptors (Lipinski definition) is 4. The molecule has 4 rings (SSSR count). The minimum absolute atomic E-state index is 0.210. The van der Waals surface area contributed by atoms with Crippen molar-refractivity contribution in [2.75, 3.05) is 5.32 Å². The molecule has 0 saturated heterocycles. The predicted octanol–water partition coefficient (Wildman–Crippen LogP) is 3.90. The van der Waals surface area contributed by atoms with Crippen LogP contribution in [0.25, 0.3) is 11.0 Å². The van der Waals surface area contributed by atoms with Gasteiger partial charge in [0, 0.05) is 17.6 Å². The van der Waals surface area contributed by atoms with Gasteiger partial charge < -0.3 is 5.32 Å². The Morgan fingerprint density at radius 3 is 2.75 bits per heavy atom. The molecule has 142 valence electrons. The van der Waals surface area contributed by atoms with Gasteiger partial charge in [-0.1, -0.05) is 37.3 Å². The van der Waals surface area contributed by atoms with Gasteiger partial charge in [-0.15, -0.1) is 0 Å². The molecule has 0 aliphatic heterocycles. The third-order valence-electron chi connectivity index (χ3n) is 4.83. The molecule has 7 nitrogen and oxygen atoms in total. The van der Waals surface area contributed by atoms with Gasteiger partial charge in [0.05, 0.1) is 30.5 Å². The SMILES string of the molecule is CCC(C)n1nccc1NC(=O)c1cnc2c(cnn2Cc2ccccc2)c1. The van der Waals surface area contributed by atoms with E-state index in [1.807, 2.05) is 33.6 Å². The number of nitrogens with zero attached hydrogens (tertiary/aromatic N) is 5. The Balaban J connectivity index is 1.55. The molecule has 1 unspecified atom stereocenters. The van der Waals surface area contributed by atoms with Crippen molar-refractivity contribution in [1.82, 2.24) is 24.5 Å². The Kier molecular flexibility index (Phi) is 4.89. The Morgan fingerprint density at radius 1 is 1.14 bits per heavy atom. The minimum Gasteiger partial charge on any atom is -0.307 e. The summed E-state index contributed by atoms with van der Waals surface area (Å²) in [5, 5.41) is 12.5. The maximum Gasteiger partial charge on any atom is 0.258 e. The van der Waals surface area contributed by atoms with E-state index in [9.17, 15) is 4.79 Å². The van der Waals surface area contributed by atoms with Crippen molar-refractivity contribution < 1.29 is 4.79 Å². The highest BCUT2D eigenvalue weighted by molar-refractivity contribution is 6.05. The highest BCUT2D eigenvalue weighted by atomic mass is 16.1. The fraction of sp³-hybridized carbons (Fsp3) is 0.238. The number of benzene rings is 1. The number of nitrogens with one attached hydrogen (secondary N) is 1. The van der Waals surface area contributed by atoms with Gasteiger partial charge >= 0.3 is 0 Å². The first-order valence-electron chi connectivity index (χ1n) is 9.36. The summed E-state index contributed by atoms with van der Waals surface area (Å²) in [5.41, 5.74) is 2.39. The van der Waals surface area contributed by atoms with E-state index >= 15 is 0 Å². The maximum atomic E-state index is 12.7. The molecule has 0 aliphatic carbocycles. The molecule has 0 saturated carbocycles. The van der Waals surface area contributed by atoms with Crippen LogP contribution < -0.4 is 5.32 Å². The Labute approximate surface area is 163 Å². The summed E-state index contributed by atoms with van der Waals surface area (Å²) in [4.78, 5) is 17.2. The van der Waals surface area contributed by atoms with Gasteiger partial charge in [-0.2, -0.15) is 10.2 Å². The van der Waals surface area contributed by atoms with Gasteiger partial charge in [-0.05, 0) is 25.0 Å². The zero-order valence-corrected chi connectivity index (χ0v) is 15.9. The van der Waals surface area contributed by atoms with E-state index in [2.05, 4.69) is 46.5 Å². The third kappa shape index (κ3) is 3.51. The van der Waals surface area contributed by atoms with Crippen LogP contribution in [-0.4, -0.2) is 30.5 Å². The van der Waals surface area contributed by atoms with Crippen molar-refractivity contribution in [2.24, 2.45) is 0 Å². The average Bonchev–Trinajstić information content (AvgIpc) is 3.35. The lowest BCUT2D eigenvalue weighted by Crippen LogP contribution is -2.17. The summed E-state index contributed by atoms with van der Waals surface area (Å²) in [6.45, 7) is 4.79. The quantitative estimate of drug-likeness (QED) is 0.555. The Bertz CT molecular complexity index is 1100. The van der Waals surface area contributed by atoms with Crippen LogP contribution in [0.1, 0.15) is 42.2 Å². The van der Waals surface area contributed by atoms with Gasteiger partial charge in [-0.3, -0.25) is 4.79 Å². The average molecular weight is 374 g/mol. The molecular formula is C21H22N6O. The summed E-state index contributed by atoms with van der Waals surface area (Å²) >= 11 is 0. The van der Waals surface area contributed by atoms with E-state index in [1.54, 1.807) is 24.7 Å². The number of hydrogen-bond donors (Lipinski definition) is 1. The summed E-state index contributed by atoms with van der Waals surface area (Å²) in [6.07, 6.45) is 5.95. The maximum absolute atomic E-state index is 12.7. The summed E-state index contributed by atoms with van der Waals surface area (Å²) in [7, 11) is 0. The van der Waals surface area contributed by atoms with Gasteiger partial charge in [0.1, 0.15) is 5.82 Å². The minimum atomic E-state index is -0.213. The van der Waals surface area contributed by atoms with E-state index in [1.165, 1.54) is 0 Å². The van der Waals surface area contributed by atoms with Crippen LogP contribution in [0, 0.1) is 0 Å². The molecule has 0 bridgehead atoms. The number of amides is 1. The van der Waals surface area contributed by atoms with Gasteiger partial charge in [0.15, 0.2) is 5.65 Å². The van der Waals surface area contributed by atoms with Crippen molar-refractivity contribution in [2.45, 2.75) is 32.9 Å². The van der Waals surface area contributed by atoms with Crippen molar-refractivity contribution in [3.05, 3.63) is 72.2 Å². The Hall–Kier alpha value is -3.48. The highest BCUT2D eigenvalue weighted by Gasteiger charge is 2.14. The van der Waals surface area contributed by atoms with E-state index in [4.69, 9.17) is 0 Å². The van der Waals surface area contributed by atoms with Crippen LogP contribution >= 0.6 is 0 Å². The molecule has 1 atom stereocenters. The molecule has 1 amide bonds. The normalized spacial score (nSPS) is 12.2. The first-order valence-corrected chi connectivity index (χ1v) is 9.36. The molecular weight excluding hydrogens is 352 g/mol. The van der Waals surface area contributed by atoms with Crippen LogP contribution in [0.15, 0.2) is 61.1 Å². The predicted molar refractivity (Wildman–Crippen MR) is 108 cm³/mol. The second-order valence-corrected chi connectivity index (χ2v) is 6.80. The topological polar surface area (TPSA) is 77.6 Å². The summed E-state index contributed by atoms with van der Waals surface area (Å²) < 4.78 is 3.66. The van der Waals surface area contributed by atoms with Crippen molar-refractivity contribution >= 4 is 22.8 Å². The third-order valence-corrected chi connectivity index (χ3v) is 4.83. The Morgan fingerprint density at radius 2 is 1.96 bits per heavy atom. The monoisotopic (exact) mass is 374 g/mol. The van der Waals surface area contributed by atoms with E-state index in [-0.39, 0.29) is 11.9 Å². The lowest BCUT2D eigenvalue weighted by molar-refractivity contribution is 0.102. The smallest absolute Gasteiger partial charge is 0.258 e. The number of fused-ring (bicyclic) bond motifs is 1. The molecule has 1 aromatic carbocycles. The number of carbonyl (C=O) groups excluding carboxylic acids is 1. The molecule has 1 N–H and O–H groups in total. The molecule has 7 heteroatoms. The van der Waals surface area contributed by atoms with E-state index in [0.29, 0.717) is 17.9 Å². The number of carbonyl (C=O) groups is 1.